The number of likely N-dealkylation sites (N-methyl/N-ethyl adjacent to an activating group) is 1. The summed E-state index contributed by atoms with van der Waals surface area (Å²) in [6, 6.07) is 3.07. The van der Waals surface area contributed by atoms with Crippen LogP contribution in [0.15, 0.2) is 18.3 Å². The Labute approximate surface area is 117 Å². The van der Waals surface area contributed by atoms with E-state index in [-0.39, 0.29) is 11.9 Å². The number of carbonyl (C=O) groups excluding carboxylic acids is 2. The van der Waals surface area contributed by atoms with Gasteiger partial charge in [-0.25, -0.2) is 4.98 Å². The number of hydrogen-bond acceptors (Lipinski definition) is 5. The first kappa shape index (κ1) is 14.3. The molecule has 1 unspecified atom stereocenters. The van der Waals surface area contributed by atoms with Gasteiger partial charge in [-0.15, -0.1) is 0 Å². The number of carbonyl (C=O) groups is 2. The Morgan fingerprint density at radius 2 is 2.20 bits per heavy atom. The maximum Gasteiger partial charge on any atom is 0.250 e. The lowest BCUT2D eigenvalue weighted by Crippen LogP contribution is -2.58. The van der Waals surface area contributed by atoms with Gasteiger partial charge in [-0.05, 0) is 12.1 Å². The fourth-order valence-corrected chi connectivity index (χ4v) is 2.20. The van der Waals surface area contributed by atoms with Gasteiger partial charge in [0.05, 0.1) is 5.56 Å². The van der Waals surface area contributed by atoms with Crippen LogP contribution in [0, 0.1) is 0 Å². The number of anilines is 1. The van der Waals surface area contributed by atoms with Gasteiger partial charge >= 0.3 is 0 Å². The zero-order valence-electron chi connectivity index (χ0n) is 11.7. The molecule has 0 aromatic carbocycles. The van der Waals surface area contributed by atoms with Gasteiger partial charge < -0.3 is 20.9 Å². The smallest absolute Gasteiger partial charge is 0.250 e. The molecule has 0 aliphatic carbocycles. The molecule has 7 nitrogen and oxygen atoms in total. The summed E-state index contributed by atoms with van der Waals surface area (Å²) in [6.07, 6.45) is 1.44. The van der Waals surface area contributed by atoms with Crippen LogP contribution < -0.4 is 16.0 Å². The minimum absolute atomic E-state index is 0.0259. The number of aromatic nitrogens is 1. The molecule has 0 bridgehead atoms. The van der Waals surface area contributed by atoms with Gasteiger partial charge in [-0.3, -0.25) is 9.59 Å². The number of piperazine rings is 1. The van der Waals surface area contributed by atoms with E-state index in [0.717, 1.165) is 6.54 Å². The maximum atomic E-state index is 12.2. The van der Waals surface area contributed by atoms with Crippen molar-refractivity contribution in [3.8, 4) is 0 Å². The number of rotatable bonds is 3. The van der Waals surface area contributed by atoms with Crippen molar-refractivity contribution >= 4 is 17.6 Å². The topological polar surface area (TPSA) is 91.6 Å². The highest BCUT2D eigenvalue weighted by molar-refractivity contribution is 5.92. The van der Waals surface area contributed by atoms with Crippen molar-refractivity contribution in [3.05, 3.63) is 23.9 Å². The van der Waals surface area contributed by atoms with E-state index >= 15 is 0 Å². The largest absolute Gasteiger partial charge is 0.366 e. The molecule has 0 saturated carbocycles. The van der Waals surface area contributed by atoms with E-state index < -0.39 is 5.91 Å². The first-order chi connectivity index (χ1) is 9.50. The number of primary amides is 1. The molecular formula is C13H19N5O2. The highest BCUT2D eigenvalue weighted by Crippen LogP contribution is 2.17. The van der Waals surface area contributed by atoms with Crippen LogP contribution in [0.1, 0.15) is 10.4 Å². The van der Waals surface area contributed by atoms with Crippen molar-refractivity contribution in [2.24, 2.45) is 5.73 Å². The molecule has 1 aromatic heterocycles. The SMILES string of the molecule is CN(C)C(=O)C1CNCCN1c1ccc(C(N)=O)cn1. The Balaban J connectivity index is 2.23. The molecule has 1 fully saturated rings. The Hall–Kier alpha value is -2.15. The molecule has 7 heteroatoms. The number of nitrogens with two attached hydrogens (primary N) is 1. The predicted molar refractivity (Wildman–Crippen MR) is 75.5 cm³/mol. The number of pyridine rings is 1. The Morgan fingerprint density at radius 3 is 2.75 bits per heavy atom. The quantitative estimate of drug-likeness (QED) is 0.743. The number of hydrogen-bond donors (Lipinski definition) is 2. The van der Waals surface area contributed by atoms with Crippen LogP contribution >= 0.6 is 0 Å². The second-order valence-corrected chi connectivity index (χ2v) is 4.92. The van der Waals surface area contributed by atoms with Gasteiger partial charge in [0.25, 0.3) is 0 Å². The minimum atomic E-state index is -0.509. The fourth-order valence-electron chi connectivity index (χ4n) is 2.20. The molecule has 108 valence electrons. The zero-order chi connectivity index (χ0) is 14.7. The molecule has 2 rings (SSSR count). The van der Waals surface area contributed by atoms with Crippen molar-refractivity contribution in [2.45, 2.75) is 6.04 Å². The molecule has 1 saturated heterocycles. The first-order valence-corrected chi connectivity index (χ1v) is 6.45. The van der Waals surface area contributed by atoms with Gasteiger partial charge in [0.15, 0.2) is 0 Å². The van der Waals surface area contributed by atoms with E-state index in [2.05, 4.69) is 10.3 Å². The van der Waals surface area contributed by atoms with Crippen LogP contribution in [0.5, 0.6) is 0 Å². The van der Waals surface area contributed by atoms with Crippen LogP contribution in [0.3, 0.4) is 0 Å². The molecular weight excluding hydrogens is 258 g/mol. The van der Waals surface area contributed by atoms with Gasteiger partial charge in [-0.1, -0.05) is 0 Å². The highest BCUT2D eigenvalue weighted by Gasteiger charge is 2.30. The third-order valence-electron chi connectivity index (χ3n) is 3.30. The van der Waals surface area contributed by atoms with E-state index in [4.69, 9.17) is 5.73 Å². The minimum Gasteiger partial charge on any atom is -0.366 e. The monoisotopic (exact) mass is 277 g/mol. The molecule has 2 heterocycles. The van der Waals surface area contributed by atoms with E-state index in [0.29, 0.717) is 24.5 Å². The van der Waals surface area contributed by atoms with Crippen LogP contribution in [-0.4, -0.2) is 61.5 Å². The lowest BCUT2D eigenvalue weighted by Gasteiger charge is -2.37. The number of amides is 2. The second kappa shape index (κ2) is 5.87. The standard InChI is InChI=1S/C13H19N5O2/c1-17(2)13(20)10-8-15-5-6-18(10)11-4-3-9(7-16-11)12(14)19/h3-4,7,10,15H,5-6,8H2,1-2H3,(H2,14,19). The third-order valence-corrected chi connectivity index (χ3v) is 3.30. The molecule has 1 aromatic rings. The summed E-state index contributed by atoms with van der Waals surface area (Å²) in [5, 5.41) is 3.21. The molecule has 0 spiro atoms. The summed E-state index contributed by atoms with van der Waals surface area (Å²) in [5.74, 6) is 0.194. The van der Waals surface area contributed by atoms with Crippen molar-refractivity contribution in [3.63, 3.8) is 0 Å². The molecule has 0 radical (unpaired) electrons. The Morgan fingerprint density at radius 1 is 1.45 bits per heavy atom. The van der Waals surface area contributed by atoms with E-state index in [9.17, 15) is 9.59 Å². The summed E-state index contributed by atoms with van der Waals surface area (Å²) in [6.45, 7) is 2.06. The van der Waals surface area contributed by atoms with Gasteiger partial charge in [0, 0.05) is 39.9 Å². The predicted octanol–water partition coefficient (Wildman–Crippen LogP) is -0.953. The lowest BCUT2D eigenvalue weighted by atomic mass is 10.1. The van der Waals surface area contributed by atoms with E-state index in [1.165, 1.54) is 6.20 Å². The molecule has 1 aliphatic heterocycles. The highest BCUT2D eigenvalue weighted by atomic mass is 16.2. The number of nitrogens with zero attached hydrogens (tertiary/aromatic N) is 3. The van der Waals surface area contributed by atoms with Crippen molar-refractivity contribution in [1.82, 2.24) is 15.2 Å². The summed E-state index contributed by atoms with van der Waals surface area (Å²) in [7, 11) is 3.47. The summed E-state index contributed by atoms with van der Waals surface area (Å²) >= 11 is 0. The van der Waals surface area contributed by atoms with Crippen molar-refractivity contribution in [2.75, 3.05) is 38.6 Å². The number of nitrogens with one attached hydrogen (secondary N) is 1. The second-order valence-electron chi connectivity index (χ2n) is 4.92. The average molecular weight is 277 g/mol. The summed E-state index contributed by atoms with van der Waals surface area (Å²) in [4.78, 5) is 31.0. The molecule has 20 heavy (non-hydrogen) atoms. The average Bonchev–Trinajstić information content (AvgIpc) is 2.46. The van der Waals surface area contributed by atoms with Gasteiger partial charge in [0.2, 0.25) is 11.8 Å². The van der Waals surface area contributed by atoms with E-state index in [1.807, 2.05) is 4.90 Å². The maximum absolute atomic E-state index is 12.2. The van der Waals surface area contributed by atoms with Crippen LogP contribution in [0.2, 0.25) is 0 Å². The third kappa shape index (κ3) is 2.88. The Kier molecular flexibility index (Phi) is 4.19. The van der Waals surface area contributed by atoms with Crippen LogP contribution in [0.4, 0.5) is 5.82 Å². The fraction of sp³-hybridized carbons (Fsp3) is 0.462. The Bertz CT molecular complexity index is 500. The van der Waals surface area contributed by atoms with Crippen molar-refractivity contribution < 1.29 is 9.59 Å². The van der Waals surface area contributed by atoms with E-state index in [1.54, 1.807) is 31.1 Å². The normalized spacial score (nSPS) is 18.7. The van der Waals surface area contributed by atoms with Gasteiger partial charge in [-0.2, -0.15) is 0 Å². The molecule has 1 aliphatic rings. The van der Waals surface area contributed by atoms with Gasteiger partial charge in [0.1, 0.15) is 11.9 Å². The summed E-state index contributed by atoms with van der Waals surface area (Å²) in [5.41, 5.74) is 5.55. The molecule has 1 atom stereocenters. The first-order valence-electron chi connectivity index (χ1n) is 6.45. The molecule has 3 N–H and O–H groups in total. The summed E-state index contributed by atoms with van der Waals surface area (Å²) < 4.78 is 0. The van der Waals surface area contributed by atoms with Crippen molar-refractivity contribution in [1.29, 1.82) is 0 Å². The van der Waals surface area contributed by atoms with Crippen LogP contribution in [-0.2, 0) is 4.79 Å². The zero-order valence-corrected chi connectivity index (χ0v) is 11.7. The molecule has 2 amide bonds. The van der Waals surface area contributed by atoms with Crippen LogP contribution in [0.25, 0.3) is 0 Å². The lowest BCUT2D eigenvalue weighted by molar-refractivity contribution is -0.130.